The van der Waals surface area contributed by atoms with Crippen molar-refractivity contribution in [1.29, 1.82) is 0 Å². The first kappa shape index (κ1) is 14.7. The molecule has 0 aliphatic heterocycles. The van der Waals surface area contributed by atoms with Gasteiger partial charge in [0.15, 0.2) is 5.82 Å². The highest BCUT2D eigenvalue weighted by atomic mass is 32.2. The third-order valence-corrected chi connectivity index (χ3v) is 4.35. The monoisotopic (exact) mass is 294 g/mol. The van der Waals surface area contributed by atoms with Crippen molar-refractivity contribution in [2.24, 2.45) is 5.92 Å². The molecule has 2 aromatic rings. The van der Waals surface area contributed by atoms with Gasteiger partial charge in [0.25, 0.3) is 0 Å². The summed E-state index contributed by atoms with van der Waals surface area (Å²) in [5.74, 6) is 0.902. The third kappa shape index (κ3) is 4.14. The predicted octanol–water partition coefficient (Wildman–Crippen LogP) is 1.55. The molecule has 0 amide bonds. The molecule has 1 aromatic carbocycles. The summed E-state index contributed by atoms with van der Waals surface area (Å²) in [5.41, 5.74) is 1.76. The number of nitrogens with one attached hydrogen (secondary N) is 2. The quantitative estimate of drug-likeness (QED) is 0.846. The summed E-state index contributed by atoms with van der Waals surface area (Å²) in [6, 6.07) is 7.52. The third-order valence-electron chi connectivity index (χ3n) is 2.66. The predicted molar refractivity (Wildman–Crippen MR) is 77.3 cm³/mol. The number of benzene rings is 1. The van der Waals surface area contributed by atoms with E-state index in [1.54, 1.807) is 0 Å². The van der Waals surface area contributed by atoms with Crippen LogP contribution in [0.2, 0.25) is 0 Å². The van der Waals surface area contributed by atoms with Crippen molar-refractivity contribution in [3.8, 4) is 11.4 Å². The van der Waals surface area contributed by atoms with Crippen molar-refractivity contribution in [2.75, 3.05) is 5.75 Å². The molecule has 108 valence electrons. The summed E-state index contributed by atoms with van der Waals surface area (Å²) in [6.07, 6.45) is 1.44. The molecule has 1 aromatic heterocycles. The highest BCUT2D eigenvalue weighted by molar-refractivity contribution is 7.89. The summed E-state index contributed by atoms with van der Waals surface area (Å²) < 4.78 is 26.2. The second-order valence-electron chi connectivity index (χ2n) is 5.03. The Bertz CT molecular complexity index is 651. The largest absolute Gasteiger partial charge is 0.259 e. The molecule has 0 unspecified atom stereocenters. The molecule has 2 rings (SSSR count). The smallest absolute Gasteiger partial charge is 0.212 e. The maximum absolute atomic E-state index is 11.8. The van der Waals surface area contributed by atoms with E-state index in [1.807, 2.05) is 38.1 Å². The van der Waals surface area contributed by atoms with Crippen molar-refractivity contribution in [2.45, 2.75) is 20.4 Å². The van der Waals surface area contributed by atoms with Crippen LogP contribution in [0.1, 0.15) is 19.4 Å². The fourth-order valence-corrected chi connectivity index (χ4v) is 3.25. The number of H-pyrrole nitrogens is 1. The molecule has 0 bridgehead atoms. The average molecular weight is 294 g/mol. The standard InChI is InChI=1S/C13H18N4O2S/c1-10(2)8-20(18,19)16-7-11-4-3-5-12(6-11)13-14-9-15-17-13/h3-6,9-10,16H,7-8H2,1-2H3,(H,14,15,17). The van der Waals surface area contributed by atoms with Crippen molar-refractivity contribution in [3.05, 3.63) is 36.2 Å². The maximum atomic E-state index is 11.8. The molecule has 6 nitrogen and oxygen atoms in total. The van der Waals surface area contributed by atoms with Gasteiger partial charge in [-0.15, -0.1) is 0 Å². The first-order chi connectivity index (χ1) is 9.46. The summed E-state index contributed by atoms with van der Waals surface area (Å²) in [6.45, 7) is 4.03. The number of nitrogens with zero attached hydrogens (tertiary/aromatic N) is 2. The zero-order valence-corrected chi connectivity index (χ0v) is 12.3. The zero-order valence-electron chi connectivity index (χ0n) is 11.5. The van der Waals surface area contributed by atoms with Gasteiger partial charge in [0.2, 0.25) is 10.0 Å². The van der Waals surface area contributed by atoms with Gasteiger partial charge in [-0.05, 0) is 17.5 Å². The van der Waals surface area contributed by atoms with Gasteiger partial charge in [-0.1, -0.05) is 32.0 Å². The summed E-state index contributed by atoms with van der Waals surface area (Å²) in [4.78, 5) is 4.07. The van der Waals surface area contributed by atoms with E-state index in [2.05, 4.69) is 19.9 Å². The Hall–Kier alpha value is -1.73. The Morgan fingerprint density at radius 1 is 1.35 bits per heavy atom. The molecule has 2 N–H and O–H groups in total. The second-order valence-corrected chi connectivity index (χ2v) is 6.88. The van der Waals surface area contributed by atoms with Crippen LogP contribution < -0.4 is 4.72 Å². The molecule has 7 heteroatoms. The lowest BCUT2D eigenvalue weighted by molar-refractivity contribution is 0.568. The molecule has 1 heterocycles. The highest BCUT2D eigenvalue weighted by Crippen LogP contribution is 2.15. The SMILES string of the molecule is CC(C)CS(=O)(=O)NCc1cccc(-c2ncn[nH]2)c1. The van der Waals surface area contributed by atoms with Crippen molar-refractivity contribution in [3.63, 3.8) is 0 Å². The van der Waals surface area contributed by atoms with Crippen LogP contribution >= 0.6 is 0 Å². The second kappa shape index (κ2) is 6.15. The minimum absolute atomic E-state index is 0.105. The summed E-state index contributed by atoms with van der Waals surface area (Å²) in [5, 5.41) is 6.58. The van der Waals surface area contributed by atoms with Crippen LogP contribution in [-0.4, -0.2) is 29.4 Å². The van der Waals surface area contributed by atoms with Crippen LogP contribution in [0.4, 0.5) is 0 Å². The van der Waals surface area contributed by atoms with E-state index < -0.39 is 10.0 Å². The van der Waals surface area contributed by atoms with Gasteiger partial charge in [-0.2, -0.15) is 5.10 Å². The molecule has 0 atom stereocenters. The number of sulfonamides is 1. The average Bonchev–Trinajstić information content (AvgIpc) is 2.89. The van der Waals surface area contributed by atoms with Gasteiger partial charge in [-0.3, -0.25) is 5.10 Å². The Kier molecular flexibility index (Phi) is 4.51. The molecule has 0 saturated heterocycles. The van der Waals surface area contributed by atoms with Crippen molar-refractivity contribution < 1.29 is 8.42 Å². The van der Waals surface area contributed by atoms with E-state index in [4.69, 9.17) is 0 Å². The first-order valence-corrected chi connectivity index (χ1v) is 8.03. The van der Waals surface area contributed by atoms with Crippen molar-refractivity contribution in [1.82, 2.24) is 19.9 Å². The fraction of sp³-hybridized carbons (Fsp3) is 0.385. The normalized spacial score (nSPS) is 11.9. The van der Waals surface area contributed by atoms with E-state index in [0.717, 1.165) is 11.1 Å². The first-order valence-electron chi connectivity index (χ1n) is 6.38. The van der Waals surface area contributed by atoms with Gasteiger partial charge in [0, 0.05) is 12.1 Å². The van der Waals surface area contributed by atoms with E-state index in [-0.39, 0.29) is 18.2 Å². The Balaban J connectivity index is 2.06. The van der Waals surface area contributed by atoms with Gasteiger partial charge in [0.1, 0.15) is 6.33 Å². The maximum Gasteiger partial charge on any atom is 0.212 e. The van der Waals surface area contributed by atoms with E-state index in [1.165, 1.54) is 6.33 Å². The molecular formula is C13H18N4O2S. The van der Waals surface area contributed by atoms with Gasteiger partial charge < -0.3 is 0 Å². The molecule has 20 heavy (non-hydrogen) atoms. The molecule has 0 aliphatic carbocycles. The fourth-order valence-electron chi connectivity index (χ4n) is 1.86. The van der Waals surface area contributed by atoms with Crippen LogP contribution in [0.15, 0.2) is 30.6 Å². The summed E-state index contributed by atoms with van der Waals surface area (Å²) in [7, 11) is -3.23. The van der Waals surface area contributed by atoms with Crippen LogP contribution in [0.3, 0.4) is 0 Å². The molecular weight excluding hydrogens is 276 g/mol. The van der Waals surface area contributed by atoms with E-state index in [9.17, 15) is 8.42 Å². The van der Waals surface area contributed by atoms with Gasteiger partial charge >= 0.3 is 0 Å². The zero-order chi connectivity index (χ0) is 14.6. The van der Waals surface area contributed by atoms with Crippen LogP contribution in [0.5, 0.6) is 0 Å². The Morgan fingerprint density at radius 2 is 2.15 bits per heavy atom. The molecule has 0 saturated carbocycles. The lowest BCUT2D eigenvalue weighted by Gasteiger charge is -2.09. The van der Waals surface area contributed by atoms with E-state index in [0.29, 0.717) is 5.82 Å². The minimum Gasteiger partial charge on any atom is -0.259 e. The topological polar surface area (TPSA) is 87.7 Å². The Morgan fingerprint density at radius 3 is 2.80 bits per heavy atom. The number of rotatable bonds is 6. The number of hydrogen-bond donors (Lipinski definition) is 2. The minimum atomic E-state index is -3.23. The van der Waals surface area contributed by atoms with Crippen LogP contribution in [0.25, 0.3) is 11.4 Å². The highest BCUT2D eigenvalue weighted by Gasteiger charge is 2.12. The lowest BCUT2D eigenvalue weighted by Crippen LogP contribution is -2.28. The van der Waals surface area contributed by atoms with E-state index >= 15 is 0 Å². The Labute approximate surface area is 118 Å². The molecule has 0 aliphatic rings. The van der Waals surface area contributed by atoms with Gasteiger partial charge in [-0.25, -0.2) is 18.1 Å². The number of hydrogen-bond acceptors (Lipinski definition) is 4. The lowest BCUT2D eigenvalue weighted by atomic mass is 10.1. The number of aromatic nitrogens is 3. The summed E-state index contributed by atoms with van der Waals surface area (Å²) >= 11 is 0. The van der Waals surface area contributed by atoms with Crippen molar-refractivity contribution >= 4 is 10.0 Å². The molecule has 0 spiro atoms. The number of aromatic amines is 1. The molecule has 0 fully saturated rings. The van der Waals surface area contributed by atoms with Crippen LogP contribution in [0, 0.1) is 5.92 Å². The van der Waals surface area contributed by atoms with Gasteiger partial charge in [0.05, 0.1) is 5.75 Å². The van der Waals surface area contributed by atoms with Crippen LogP contribution in [-0.2, 0) is 16.6 Å². The molecule has 0 radical (unpaired) electrons.